The van der Waals surface area contributed by atoms with Crippen molar-refractivity contribution in [3.63, 3.8) is 0 Å². The summed E-state index contributed by atoms with van der Waals surface area (Å²) in [5.74, 6) is -5.06. The van der Waals surface area contributed by atoms with Crippen LogP contribution in [0.1, 0.15) is 34.6 Å². The summed E-state index contributed by atoms with van der Waals surface area (Å²) in [6.07, 6.45) is 2.51. The van der Waals surface area contributed by atoms with Gasteiger partial charge in [-0.2, -0.15) is 0 Å². The number of esters is 3. The van der Waals surface area contributed by atoms with Crippen molar-refractivity contribution < 1.29 is 38.5 Å². The van der Waals surface area contributed by atoms with E-state index in [1.807, 2.05) is 0 Å². The van der Waals surface area contributed by atoms with Crippen LogP contribution < -0.4 is 0 Å². The van der Waals surface area contributed by atoms with Gasteiger partial charge in [0.2, 0.25) is 0 Å². The molecule has 33 heavy (non-hydrogen) atoms. The first-order valence-electron chi connectivity index (χ1n) is 10.8. The molecule has 3 rings (SSSR count). The maximum absolute atomic E-state index is 12.8. The van der Waals surface area contributed by atoms with Gasteiger partial charge in [-0.05, 0) is 24.6 Å². The summed E-state index contributed by atoms with van der Waals surface area (Å²) < 4.78 is 16.8. The molecule has 180 valence electrons. The van der Waals surface area contributed by atoms with E-state index in [1.165, 1.54) is 26.8 Å². The van der Waals surface area contributed by atoms with E-state index in [9.17, 15) is 24.3 Å². The number of halogens is 1. The largest absolute Gasteiger partial charge is 0.459 e. The number of hydrogen-bond donors (Lipinski definition) is 1. The second-order valence-electron chi connectivity index (χ2n) is 9.28. The van der Waals surface area contributed by atoms with Crippen LogP contribution in [-0.4, -0.2) is 58.1 Å². The van der Waals surface area contributed by atoms with Crippen molar-refractivity contribution in [3.05, 3.63) is 36.5 Å². The van der Waals surface area contributed by atoms with E-state index < -0.39 is 70.4 Å². The molecule has 0 radical (unpaired) electrons. The minimum Gasteiger partial charge on any atom is -0.459 e. The maximum atomic E-state index is 12.8. The Bertz CT molecular complexity index is 954. The third-order valence-corrected chi connectivity index (χ3v) is 7.65. The average Bonchev–Trinajstić information content (AvgIpc) is 2.96. The van der Waals surface area contributed by atoms with E-state index in [4.69, 9.17) is 25.8 Å². The van der Waals surface area contributed by atoms with Crippen LogP contribution in [0, 0.1) is 23.2 Å². The number of hydrogen-bond acceptors (Lipinski definition) is 8. The molecular formula is C24H29ClO8. The highest BCUT2D eigenvalue weighted by Crippen LogP contribution is 2.53. The van der Waals surface area contributed by atoms with E-state index in [0.717, 1.165) is 0 Å². The number of allylic oxidation sites excluding steroid dienone is 2. The Balaban J connectivity index is 2.36. The number of ketones is 1. The zero-order valence-electron chi connectivity index (χ0n) is 19.2. The van der Waals surface area contributed by atoms with Crippen molar-refractivity contribution in [2.45, 2.75) is 63.9 Å². The molecule has 1 N–H and O–H groups in total. The molecule has 0 saturated carbocycles. The molecule has 3 aliphatic rings. The molecule has 1 aliphatic heterocycles. The van der Waals surface area contributed by atoms with Crippen molar-refractivity contribution in [2.75, 3.05) is 0 Å². The highest BCUT2D eigenvalue weighted by atomic mass is 35.5. The second-order valence-corrected chi connectivity index (χ2v) is 9.75. The lowest BCUT2D eigenvalue weighted by Gasteiger charge is -2.52. The predicted molar refractivity (Wildman–Crippen MR) is 118 cm³/mol. The quantitative estimate of drug-likeness (QED) is 0.363. The first kappa shape index (κ1) is 25.2. The number of ether oxygens (including phenoxy) is 3. The van der Waals surface area contributed by atoms with Crippen LogP contribution >= 0.6 is 11.6 Å². The van der Waals surface area contributed by atoms with Gasteiger partial charge in [-0.1, -0.05) is 32.6 Å². The Kier molecular flexibility index (Phi) is 6.65. The lowest BCUT2D eigenvalue weighted by Crippen LogP contribution is -2.65. The summed E-state index contributed by atoms with van der Waals surface area (Å²) in [7, 11) is 0. The first-order valence-corrected chi connectivity index (χ1v) is 11.2. The number of carbonyl (C=O) groups is 4. The van der Waals surface area contributed by atoms with Gasteiger partial charge in [0, 0.05) is 31.1 Å². The minimum atomic E-state index is -2.09. The first-order chi connectivity index (χ1) is 15.2. The minimum absolute atomic E-state index is 0.262. The number of rotatable bonds is 2. The molecule has 9 heteroatoms. The molecule has 0 aromatic rings. The standard InChI is InChI=1S/C24H29ClO8/c1-11-7-8-17(31-14(4)26)23(6)10-9-16(28)12(2)18(23)20(32-15(5)27)24(30)13(3)22(29)33-21(24)19(11)25/h7-10,12-13,17-21,30H,1H2,2-6H3/b8-7+/t12-,13-,17+,18+,19-,20-,21-,23-,24-/m0/s1. The Morgan fingerprint density at radius 3 is 2.33 bits per heavy atom. The van der Waals surface area contributed by atoms with Crippen molar-refractivity contribution in [1.82, 2.24) is 0 Å². The Morgan fingerprint density at radius 2 is 1.76 bits per heavy atom. The van der Waals surface area contributed by atoms with Crippen LogP contribution in [0.4, 0.5) is 0 Å². The molecule has 1 heterocycles. The second kappa shape index (κ2) is 8.72. The van der Waals surface area contributed by atoms with Gasteiger partial charge >= 0.3 is 17.9 Å². The number of carbonyl (C=O) groups excluding carboxylic acids is 4. The molecule has 0 aromatic heterocycles. The van der Waals surface area contributed by atoms with Gasteiger partial charge in [-0.15, -0.1) is 11.6 Å². The fraction of sp³-hybridized carbons (Fsp3) is 0.583. The van der Waals surface area contributed by atoms with Crippen LogP contribution in [0.3, 0.4) is 0 Å². The summed E-state index contributed by atoms with van der Waals surface area (Å²) in [6, 6.07) is 0. The lowest BCUT2D eigenvalue weighted by molar-refractivity contribution is -0.205. The molecule has 0 unspecified atom stereocenters. The summed E-state index contributed by atoms with van der Waals surface area (Å²) in [4.78, 5) is 49.7. The fourth-order valence-electron chi connectivity index (χ4n) is 5.26. The molecule has 1 fully saturated rings. The third kappa shape index (κ3) is 4.04. The average molecular weight is 481 g/mol. The van der Waals surface area contributed by atoms with Gasteiger partial charge in [0.1, 0.15) is 12.2 Å². The summed E-state index contributed by atoms with van der Waals surface area (Å²) in [6.45, 7) is 11.2. The van der Waals surface area contributed by atoms with E-state index in [1.54, 1.807) is 32.1 Å². The molecule has 0 aromatic carbocycles. The van der Waals surface area contributed by atoms with Gasteiger partial charge in [-0.3, -0.25) is 19.2 Å². The Morgan fingerprint density at radius 1 is 1.15 bits per heavy atom. The van der Waals surface area contributed by atoms with E-state index in [0.29, 0.717) is 5.57 Å². The van der Waals surface area contributed by atoms with Gasteiger partial charge in [0.05, 0.1) is 11.3 Å². The topological polar surface area (TPSA) is 116 Å². The van der Waals surface area contributed by atoms with Crippen LogP contribution in [-0.2, 0) is 33.4 Å². The van der Waals surface area contributed by atoms with Crippen LogP contribution in [0.5, 0.6) is 0 Å². The molecule has 1 saturated heterocycles. The number of fused-ring (bicyclic) bond motifs is 2. The SMILES string of the molecule is C=C1/C=C/[C@@H](OC(C)=O)[C@]2(C)C=CC(=O)[C@H](C)[C@@H]2[C@H](OC(C)=O)[C@@]2(O)[C@@H](C)C(=O)O[C@H]2[C@H]1Cl. The van der Waals surface area contributed by atoms with Crippen LogP contribution in [0.2, 0.25) is 0 Å². The molecule has 8 nitrogen and oxygen atoms in total. The van der Waals surface area contributed by atoms with Gasteiger partial charge in [0.15, 0.2) is 17.5 Å². The van der Waals surface area contributed by atoms with Gasteiger partial charge in [0.25, 0.3) is 0 Å². The van der Waals surface area contributed by atoms with Crippen molar-refractivity contribution in [2.24, 2.45) is 23.2 Å². The highest BCUT2D eigenvalue weighted by molar-refractivity contribution is 6.23. The van der Waals surface area contributed by atoms with Crippen molar-refractivity contribution in [1.29, 1.82) is 0 Å². The third-order valence-electron chi connectivity index (χ3n) is 7.14. The molecule has 9 atom stereocenters. The van der Waals surface area contributed by atoms with Gasteiger partial charge < -0.3 is 19.3 Å². The van der Waals surface area contributed by atoms with E-state index >= 15 is 0 Å². The highest BCUT2D eigenvalue weighted by Gasteiger charge is 2.67. The van der Waals surface area contributed by atoms with Crippen molar-refractivity contribution in [3.8, 4) is 0 Å². The molecular weight excluding hydrogens is 452 g/mol. The van der Waals surface area contributed by atoms with Crippen LogP contribution in [0.25, 0.3) is 0 Å². The monoisotopic (exact) mass is 480 g/mol. The number of alkyl halides is 1. The van der Waals surface area contributed by atoms with E-state index in [2.05, 4.69) is 6.58 Å². The lowest BCUT2D eigenvalue weighted by atomic mass is 9.57. The summed E-state index contributed by atoms with van der Waals surface area (Å²) >= 11 is 6.60. The zero-order chi connectivity index (χ0) is 24.9. The Labute approximate surface area is 197 Å². The Hall–Kier alpha value is -2.45. The molecule has 0 amide bonds. The van der Waals surface area contributed by atoms with E-state index in [-0.39, 0.29) is 5.78 Å². The molecule has 2 aliphatic carbocycles. The molecule has 0 bridgehead atoms. The summed E-state index contributed by atoms with van der Waals surface area (Å²) in [5, 5.41) is 11.0. The predicted octanol–water partition coefficient (Wildman–Crippen LogP) is 2.27. The van der Waals surface area contributed by atoms with Gasteiger partial charge in [-0.25, -0.2) is 0 Å². The van der Waals surface area contributed by atoms with Crippen molar-refractivity contribution >= 4 is 35.3 Å². The number of aliphatic hydroxyl groups is 1. The fourth-order valence-corrected chi connectivity index (χ4v) is 5.58. The maximum Gasteiger partial charge on any atom is 0.312 e. The zero-order valence-corrected chi connectivity index (χ0v) is 20.0. The smallest absolute Gasteiger partial charge is 0.312 e. The normalized spacial score (nSPS) is 43.7. The summed E-state index contributed by atoms with van der Waals surface area (Å²) in [5.41, 5.74) is -2.90. The van der Waals surface area contributed by atoms with Crippen LogP contribution in [0.15, 0.2) is 36.5 Å². The molecule has 0 spiro atoms.